The van der Waals surface area contributed by atoms with E-state index in [4.69, 9.17) is 10.5 Å². The Balaban J connectivity index is 1.40. The molecule has 5 rings (SSSR count). The molecule has 0 spiro atoms. The minimum atomic E-state index is -1.47. The van der Waals surface area contributed by atoms with Gasteiger partial charge in [0.15, 0.2) is 23.8 Å². The van der Waals surface area contributed by atoms with Gasteiger partial charge in [-0.15, -0.1) is 0 Å². The Morgan fingerprint density at radius 3 is 2.63 bits per heavy atom. The van der Waals surface area contributed by atoms with Crippen LogP contribution in [0.25, 0.3) is 11.2 Å². The second-order valence-electron chi connectivity index (χ2n) is 9.13. The molecule has 1 aliphatic heterocycles. The number of imidazole rings is 1. The third kappa shape index (κ3) is 4.65. The van der Waals surface area contributed by atoms with Gasteiger partial charge in [-0.3, -0.25) is 14.2 Å². The molecule has 198 valence electrons. The number of rotatable bonds is 5. The first-order chi connectivity index (χ1) is 18.3. The molecule has 1 saturated carbocycles. The van der Waals surface area contributed by atoms with Gasteiger partial charge in [-0.1, -0.05) is 5.92 Å². The van der Waals surface area contributed by atoms with Gasteiger partial charge in [0.25, 0.3) is 11.8 Å². The summed E-state index contributed by atoms with van der Waals surface area (Å²) >= 11 is 0. The first-order valence-corrected chi connectivity index (χ1v) is 12.1. The summed E-state index contributed by atoms with van der Waals surface area (Å²) in [5.41, 5.74) is 6.86. The van der Waals surface area contributed by atoms with Crippen LogP contribution in [0, 0.1) is 17.7 Å². The highest BCUT2D eigenvalue weighted by Gasteiger charge is 2.47. The SMILES string of the molecule is CNC(=O)[C@H]1O[C@@H](n2cnc3c(N)nc(C#CCN(C(=O)c4ccc(F)cc4)C4CCC4)nc32)[C@H](O)C1O. The lowest BCUT2D eigenvalue weighted by atomic mass is 9.91. The monoisotopic (exact) mass is 523 g/mol. The number of aromatic nitrogens is 4. The van der Waals surface area contributed by atoms with Gasteiger partial charge >= 0.3 is 0 Å². The highest BCUT2D eigenvalue weighted by atomic mass is 19.1. The van der Waals surface area contributed by atoms with Crippen LogP contribution in [0.15, 0.2) is 30.6 Å². The number of nitrogen functional groups attached to an aromatic ring is 1. The molecular formula is C25H26FN7O5. The Morgan fingerprint density at radius 1 is 1.24 bits per heavy atom. The predicted molar refractivity (Wildman–Crippen MR) is 132 cm³/mol. The number of carbonyl (C=O) groups excluding carboxylic acids is 2. The number of aliphatic hydroxyl groups is 2. The summed E-state index contributed by atoms with van der Waals surface area (Å²) < 4.78 is 20.3. The van der Waals surface area contributed by atoms with E-state index in [1.165, 1.54) is 42.2 Å². The van der Waals surface area contributed by atoms with Gasteiger partial charge in [-0.2, -0.15) is 0 Å². The van der Waals surface area contributed by atoms with Gasteiger partial charge < -0.3 is 30.9 Å². The minimum Gasteiger partial charge on any atom is -0.387 e. The van der Waals surface area contributed by atoms with Crippen LogP contribution in [0.2, 0.25) is 0 Å². The van der Waals surface area contributed by atoms with Gasteiger partial charge in [-0.05, 0) is 49.4 Å². The number of aliphatic hydroxyl groups excluding tert-OH is 2. The topological polar surface area (TPSA) is 169 Å². The number of halogens is 1. The average Bonchev–Trinajstić information content (AvgIpc) is 3.43. The lowest BCUT2D eigenvalue weighted by Gasteiger charge is -2.36. The van der Waals surface area contributed by atoms with Crippen molar-refractivity contribution < 1.29 is 28.9 Å². The lowest BCUT2D eigenvalue weighted by molar-refractivity contribution is -0.137. The number of anilines is 1. The maximum atomic E-state index is 13.3. The molecular weight excluding hydrogens is 497 g/mol. The zero-order valence-electron chi connectivity index (χ0n) is 20.4. The predicted octanol–water partition coefficient (Wildman–Crippen LogP) is -0.0408. The maximum absolute atomic E-state index is 13.3. The van der Waals surface area contributed by atoms with Crippen molar-refractivity contribution in [2.45, 2.75) is 49.8 Å². The summed E-state index contributed by atoms with van der Waals surface area (Å²) in [6, 6.07) is 5.42. The Hall–Kier alpha value is -4.12. The Labute approximate surface area is 216 Å². The van der Waals surface area contributed by atoms with Crippen LogP contribution < -0.4 is 11.1 Å². The Bertz CT molecular complexity index is 1430. The number of nitrogens with one attached hydrogen (secondary N) is 1. The Morgan fingerprint density at radius 2 is 1.97 bits per heavy atom. The molecule has 1 aromatic carbocycles. The van der Waals surface area contributed by atoms with Gasteiger partial charge in [-0.25, -0.2) is 19.3 Å². The zero-order valence-corrected chi connectivity index (χ0v) is 20.4. The molecule has 13 heteroatoms. The quantitative estimate of drug-likeness (QED) is 0.335. The number of likely N-dealkylation sites (N-methyl/N-ethyl adjacent to an activating group) is 1. The summed E-state index contributed by atoms with van der Waals surface area (Å²) in [5, 5.41) is 23.2. The van der Waals surface area contributed by atoms with E-state index >= 15 is 0 Å². The van der Waals surface area contributed by atoms with Crippen LogP contribution in [-0.4, -0.2) is 84.4 Å². The number of fused-ring (bicyclic) bond motifs is 1. The van der Waals surface area contributed by atoms with E-state index in [1.807, 2.05) is 0 Å². The molecule has 1 unspecified atom stereocenters. The summed E-state index contributed by atoms with van der Waals surface area (Å²) in [5.74, 6) is 4.59. The minimum absolute atomic E-state index is 0.0344. The van der Waals surface area contributed by atoms with E-state index in [-0.39, 0.29) is 41.3 Å². The normalized spacial score (nSPS) is 22.9. The van der Waals surface area contributed by atoms with Gasteiger partial charge in [0.1, 0.15) is 23.5 Å². The molecule has 1 aliphatic carbocycles. The molecule has 1 saturated heterocycles. The summed E-state index contributed by atoms with van der Waals surface area (Å²) in [6.45, 7) is 0.103. The van der Waals surface area contributed by atoms with Crippen LogP contribution in [0.4, 0.5) is 10.2 Å². The largest absolute Gasteiger partial charge is 0.387 e. The third-order valence-electron chi connectivity index (χ3n) is 6.78. The van der Waals surface area contributed by atoms with Crippen molar-refractivity contribution in [3.63, 3.8) is 0 Å². The van der Waals surface area contributed by atoms with Crippen LogP contribution in [-0.2, 0) is 9.53 Å². The van der Waals surface area contributed by atoms with Crippen molar-refractivity contribution in [1.82, 2.24) is 29.7 Å². The summed E-state index contributed by atoms with van der Waals surface area (Å²) in [4.78, 5) is 39.5. The van der Waals surface area contributed by atoms with Crippen molar-refractivity contribution in [3.05, 3.63) is 47.8 Å². The molecule has 0 radical (unpaired) electrons. The summed E-state index contributed by atoms with van der Waals surface area (Å²) in [6.07, 6.45) is -1.30. The second-order valence-corrected chi connectivity index (χ2v) is 9.13. The zero-order chi connectivity index (χ0) is 27.0. The van der Waals surface area contributed by atoms with E-state index in [0.717, 1.165) is 19.3 Å². The highest BCUT2D eigenvalue weighted by Crippen LogP contribution is 2.32. The molecule has 0 bridgehead atoms. The average molecular weight is 524 g/mol. The molecule has 5 N–H and O–H groups in total. The van der Waals surface area contributed by atoms with Crippen LogP contribution >= 0.6 is 0 Å². The number of nitrogens with two attached hydrogens (primary N) is 1. The molecule has 4 atom stereocenters. The van der Waals surface area contributed by atoms with Crippen LogP contribution in [0.5, 0.6) is 0 Å². The fraction of sp³-hybridized carbons (Fsp3) is 0.400. The van der Waals surface area contributed by atoms with E-state index in [1.54, 1.807) is 4.90 Å². The molecule has 2 fully saturated rings. The van der Waals surface area contributed by atoms with Crippen molar-refractivity contribution in [1.29, 1.82) is 0 Å². The molecule has 2 aromatic heterocycles. The molecule has 3 heterocycles. The molecule has 2 amide bonds. The first kappa shape index (κ1) is 25.5. The second kappa shape index (κ2) is 10.3. The molecule has 38 heavy (non-hydrogen) atoms. The van der Waals surface area contributed by atoms with Gasteiger partial charge in [0, 0.05) is 18.7 Å². The maximum Gasteiger partial charge on any atom is 0.254 e. The molecule has 2 aliphatic rings. The number of carbonyl (C=O) groups is 2. The van der Waals surface area contributed by atoms with E-state index in [0.29, 0.717) is 5.56 Å². The van der Waals surface area contributed by atoms with E-state index < -0.39 is 36.3 Å². The van der Waals surface area contributed by atoms with Crippen LogP contribution in [0.1, 0.15) is 41.7 Å². The fourth-order valence-corrected chi connectivity index (χ4v) is 4.46. The number of hydrogen-bond acceptors (Lipinski definition) is 9. The highest BCUT2D eigenvalue weighted by molar-refractivity contribution is 5.94. The fourth-order valence-electron chi connectivity index (χ4n) is 4.46. The van der Waals surface area contributed by atoms with Crippen molar-refractivity contribution in [3.8, 4) is 11.8 Å². The van der Waals surface area contributed by atoms with Crippen LogP contribution in [0.3, 0.4) is 0 Å². The van der Waals surface area contributed by atoms with Crippen molar-refractivity contribution in [2.24, 2.45) is 0 Å². The summed E-state index contributed by atoms with van der Waals surface area (Å²) in [7, 11) is 1.39. The number of hydrogen-bond donors (Lipinski definition) is 4. The molecule has 12 nitrogen and oxygen atoms in total. The Kier molecular flexibility index (Phi) is 6.94. The number of nitrogens with zero attached hydrogens (tertiary/aromatic N) is 5. The standard InChI is InChI=1S/C25H26FN7O5/c1-28-23(36)20-18(34)19(35)25(38-20)33-12-29-17-21(27)30-16(31-22(17)33)6-3-11-32(15-4-2-5-15)24(37)13-7-9-14(26)10-8-13/h7-10,12,15,18-20,25,34-35H,2,4-5,11H2,1H3,(H,28,36)(H2,27,30,31)/t18?,19-,20+,25-/m1/s1. The molecule has 3 aromatic rings. The van der Waals surface area contributed by atoms with E-state index in [9.17, 15) is 24.2 Å². The number of benzene rings is 1. The van der Waals surface area contributed by atoms with Crippen molar-refractivity contribution in [2.75, 3.05) is 19.3 Å². The van der Waals surface area contributed by atoms with Crippen molar-refractivity contribution >= 4 is 28.8 Å². The number of ether oxygens (including phenoxy) is 1. The van der Waals surface area contributed by atoms with E-state index in [2.05, 4.69) is 32.1 Å². The van der Waals surface area contributed by atoms with Gasteiger partial charge in [0.05, 0.1) is 12.9 Å². The number of amides is 2. The third-order valence-corrected chi connectivity index (χ3v) is 6.78. The van der Waals surface area contributed by atoms with Gasteiger partial charge in [0.2, 0.25) is 5.82 Å². The smallest absolute Gasteiger partial charge is 0.254 e. The lowest BCUT2D eigenvalue weighted by Crippen LogP contribution is -2.44. The first-order valence-electron chi connectivity index (χ1n) is 12.1.